The monoisotopic (exact) mass is 354 g/mol. The first-order valence-corrected chi connectivity index (χ1v) is 9.63. The van der Waals surface area contributed by atoms with Gasteiger partial charge in [-0.15, -0.1) is 0 Å². The average Bonchev–Trinajstić information content (AvgIpc) is 3.24. The highest BCUT2D eigenvalue weighted by Gasteiger charge is 2.30. The second-order valence-electron chi connectivity index (χ2n) is 7.87. The zero-order valence-corrected chi connectivity index (χ0v) is 16.3. The summed E-state index contributed by atoms with van der Waals surface area (Å²) in [6.07, 6.45) is 7.08. The molecule has 0 atom stereocenters. The molecule has 0 N–H and O–H groups in total. The van der Waals surface area contributed by atoms with Crippen LogP contribution in [0.1, 0.15) is 42.3 Å². The summed E-state index contributed by atoms with van der Waals surface area (Å²) in [5.41, 5.74) is 8.07. The molecule has 5 rings (SSSR count). The third-order valence-corrected chi connectivity index (χ3v) is 5.94. The van der Waals surface area contributed by atoms with E-state index in [1.165, 1.54) is 44.4 Å². The SMILES string of the molecule is Cc1c(-c2cc(C(C)C)cc[n+]2C)c2c(c3ccccc13)-n1ccnc1C2. The van der Waals surface area contributed by atoms with E-state index >= 15 is 0 Å². The number of imidazole rings is 1. The van der Waals surface area contributed by atoms with Gasteiger partial charge in [-0.25, -0.2) is 9.55 Å². The van der Waals surface area contributed by atoms with Gasteiger partial charge in [-0.1, -0.05) is 38.1 Å². The zero-order valence-electron chi connectivity index (χ0n) is 16.3. The number of fused-ring (bicyclic) bond motifs is 5. The van der Waals surface area contributed by atoms with E-state index in [2.05, 4.69) is 90.7 Å². The van der Waals surface area contributed by atoms with Crippen molar-refractivity contribution in [3.8, 4) is 16.9 Å². The highest BCUT2D eigenvalue weighted by atomic mass is 15.1. The molecule has 3 heteroatoms. The minimum atomic E-state index is 0.509. The van der Waals surface area contributed by atoms with Crippen molar-refractivity contribution in [2.75, 3.05) is 0 Å². The van der Waals surface area contributed by atoms with Gasteiger partial charge in [0.15, 0.2) is 6.20 Å². The van der Waals surface area contributed by atoms with E-state index in [1.807, 2.05) is 6.20 Å². The first-order chi connectivity index (χ1) is 13.1. The van der Waals surface area contributed by atoms with Crippen molar-refractivity contribution in [2.24, 2.45) is 7.05 Å². The first-order valence-electron chi connectivity index (χ1n) is 9.63. The van der Waals surface area contributed by atoms with Crippen molar-refractivity contribution in [3.63, 3.8) is 0 Å². The van der Waals surface area contributed by atoms with Gasteiger partial charge in [0.05, 0.1) is 11.3 Å². The molecule has 0 unspecified atom stereocenters. The summed E-state index contributed by atoms with van der Waals surface area (Å²) >= 11 is 0. The standard InChI is InChI=1S/C24H24N3/c1-15(2)17-9-11-26(4)21(13-17)23-16(3)18-7-5-6-8-19(18)24-20(23)14-22-25-10-12-27(22)24/h5-13,15H,14H2,1-4H3/q+1. The number of rotatable bonds is 2. The first kappa shape index (κ1) is 16.2. The summed E-state index contributed by atoms with van der Waals surface area (Å²) in [5.74, 6) is 1.64. The fraction of sp³-hybridized carbons (Fsp3) is 0.250. The van der Waals surface area contributed by atoms with Crippen LogP contribution in [0.3, 0.4) is 0 Å². The predicted molar refractivity (Wildman–Crippen MR) is 109 cm³/mol. The van der Waals surface area contributed by atoms with E-state index in [-0.39, 0.29) is 0 Å². The molecular weight excluding hydrogens is 330 g/mol. The van der Waals surface area contributed by atoms with Crippen molar-refractivity contribution < 1.29 is 4.57 Å². The average molecular weight is 354 g/mol. The van der Waals surface area contributed by atoms with Crippen LogP contribution in [0.15, 0.2) is 55.0 Å². The fourth-order valence-electron chi connectivity index (χ4n) is 4.47. The number of benzene rings is 2. The second kappa shape index (κ2) is 5.78. The van der Waals surface area contributed by atoms with E-state index in [1.54, 1.807) is 0 Å². The van der Waals surface area contributed by atoms with Crippen LogP contribution in [0.4, 0.5) is 0 Å². The molecule has 0 radical (unpaired) electrons. The van der Waals surface area contributed by atoms with Gasteiger partial charge in [0.25, 0.3) is 0 Å². The molecule has 1 aliphatic heterocycles. The van der Waals surface area contributed by atoms with Gasteiger partial charge < -0.3 is 4.57 Å². The van der Waals surface area contributed by atoms with Crippen LogP contribution in [-0.2, 0) is 13.5 Å². The molecule has 27 heavy (non-hydrogen) atoms. The molecule has 134 valence electrons. The predicted octanol–water partition coefficient (Wildman–Crippen LogP) is 4.85. The summed E-state index contributed by atoms with van der Waals surface area (Å²) in [6.45, 7) is 6.78. The lowest BCUT2D eigenvalue weighted by Gasteiger charge is -2.16. The zero-order chi connectivity index (χ0) is 18.7. The molecule has 0 spiro atoms. The molecule has 0 saturated heterocycles. The second-order valence-corrected chi connectivity index (χ2v) is 7.87. The Bertz CT molecular complexity index is 1200. The number of aromatic nitrogens is 3. The maximum Gasteiger partial charge on any atom is 0.213 e. The Morgan fingerprint density at radius 2 is 1.89 bits per heavy atom. The minimum absolute atomic E-state index is 0.509. The van der Waals surface area contributed by atoms with Crippen LogP contribution in [0, 0.1) is 6.92 Å². The number of hydrogen-bond acceptors (Lipinski definition) is 1. The highest BCUT2D eigenvalue weighted by Crippen LogP contribution is 2.42. The van der Waals surface area contributed by atoms with Crippen LogP contribution >= 0.6 is 0 Å². The molecule has 3 heterocycles. The van der Waals surface area contributed by atoms with Gasteiger partial charge >= 0.3 is 0 Å². The van der Waals surface area contributed by atoms with Crippen molar-refractivity contribution in [3.05, 3.63) is 77.5 Å². The van der Waals surface area contributed by atoms with E-state index in [0.29, 0.717) is 5.92 Å². The van der Waals surface area contributed by atoms with Gasteiger partial charge in [-0.3, -0.25) is 0 Å². The summed E-state index contributed by atoms with van der Waals surface area (Å²) in [4.78, 5) is 4.61. The molecule has 0 bridgehead atoms. The Balaban J connectivity index is 1.91. The van der Waals surface area contributed by atoms with E-state index in [9.17, 15) is 0 Å². The van der Waals surface area contributed by atoms with Gasteiger partial charge in [-0.05, 0) is 34.9 Å². The lowest BCUT2D eigenvalue weighted by molar-refractivity contribution is -0.660. The van der Waals surface area contributed by atoms with E-state index in [4.69, 9.17) is 0 Å². The summed E-state index contributed by atoms with van der Waals surface area (Å²) in [5, 5.41) is 2.64. The van der Waals surface area contributed by atoms with Gasteiger partial charge in [0.1, 0.15) is 12.9 Å². The summed E-state index contributed by atoms with van der Waals surface area (Å²) in [6, 6.07) is 13.4. The summed E-state index contributed by atoms with van der Waals surface area (Å²) in [7, 11) is 2.15. The highest BCUT2D eigenvalue weighted by molar-refractivity contribution is 6.00. The van der Waals surface area contributed by atoms with Crippen LogP contribution < -0.4 is 4.57 Å². The molecule has 2 aromatic carbocycles. The Morgan fingerprint density at radius 1 is 1.11 bits per heavy atom. The van der Waals surface area contributed by atoms with Crippen molar-refractivity contribution in [1.82, 2.24) is 9.55 Å². The Morgan fingerprint density at radius 3 is 2.67 bits per heavy atom. The van der Waals surface area contributed by atoms with Crippen molar-refractivity contribution in [2.45, 2.75) is 33.1 Å². The van der Waals surface area contributed by atoms with Gasteiger partial charge in [0.2, 0.25) is 5.69 Å². The molecule has 4 aromatic rings. The van der Waals surface area contributed by atoms with E-state index < -0.39 is 0 Å². The van der Waals surface area contributed by atoms with Crippen molar-refractivity contribution in [1.29, 1.82) is 0 Å². The third kappa shape index (κ3) is 2.27. The largest absolute Gasteiger partial charge is 0.303 e. The third-order valence-electron chi connectivity index (χ3n) is 5.94. The number of nitrogens with zero attached hydrogens (tertiary/aromatic N) is 3. The quantitative estimate of drug-likeness (QED) is 0.415. The topological polar surface area (TPSA) is 21.7 Å². The number of pyridine rings is 1. The molecule has 0 saturated carbocycles. The van der Waals surface area contributed by atoms with Gasteiger partial charge in [0, 0.05) is 36.3 Å². The number of aryl methyl sites for hydroxylation is 2. The fourth-order valence-corrected chi connectivity index (χ4v) is 4.47. The molecule has 0 amide bonds. The minimum Gasteiger partial charge on any atom is -0.303 e. The maximum atomic E-state index is 4.61. The molecule has 2 aromatic heterocycles. The van der Waals surface area contributed by atoms with Crippen LogP contribution in [0.2, 0.25) is 0 Å². The van der Waals surface area contributed by atoms with Crippen LogP contribution in [0.5, 0.6) is 0 Å². The lowest BCUT2D eigenvalue weighted by Crippen LogP contribution is -2.31. The summed E-state index contributed by atoms with van der Waals surface area (Å²) < 4.78 is 4.53. The lowest BCUT2D eigenvalue weighted by atomic mass is 9.89. The molecular formula is C24H24N3+. The Labute approximate surface area is 159 Å². The molecule has 0 fully saturated rings. The van der Waals surface area contributed by atoms with E-state index in [0.717, 1.165) is 12.2 Å². The van der Waals surface area contributed by atoms with Crippen molar-refractivity contribution >= 4 is 10.8 Å². The smallest absolute Gasteiger partial charge is 0.213 e. The Kier molecular flexibility index (Phi) is 3.48. The molecule has 1 aliphatic rings. The normalized spacial score (nSPS) is 12.6. The maximum absolute atomic E-state index is 4.61. The van der Waals surface area contributed by atoms with Crippen LogP contribution in [0.25, 0.3) is 27.7 Å². The van der Waals surface area contributed by atoms with Crippen LogP contribution in [-0.4, -0.2) is 9.55 Å². The van der Waals surface area contributed by atoms with Gasteiger partial charge in [-0.2, -0.15) is 0 Å². The molecule has 3 nitrogen and oxygen atoms in total. The number of hydrogen-bond donors (Lipinski definition) is 0. The Hall–Kier alpha value is -2.94. The molecule has 0 aliphatic carbocycles.